The molecule has 70 valence electrons. The zero-order valence-corrected chi connectivity index (χ0v) is 8.28. The van der Waals surface area contributed by atoms with Gasteiger partial charge in [0.15, 0.2) is 0 Å². The lowest BCUT2D eigenvalue weighted by Gasteiger charge is -2.01. The van der Waals surface area contributed by atoms with Gasteiger partial charge in [-0.2, -0.15) is 10.2 Å². The van der Waals surface area contributed by atoms with E-state index in [2.05, 4.69) is 10.2 Å². The fourth-order valence-corrected chi connectivity index (χ4v) is 1.42. The molecule has 2 rings (SSSR count). The van der Waals surface area contributed by atoms with Crippen LogP contribution in [0, 0.1) is 0 Å². The summed E-state index contributed by atoms with van der Waals surface area (Å²) >= 11 is 5.97. The van der Waals surface area contributed by atoms with E-state index >= 15 is 0 Å². The Morgan fingerprint density at radius 1 is 1.07 bits per heavy atom. The highest BCUT2D eigenvalue weighted by Crippen LogP contribution is 2.15. The van der Waals surface area contributed by atoms with E-state index in [1.165, 1.54) is 5.56 Å². The van der Waals surface area contributed by atoms with Crippen LogP contribution in [0.1, 0.15) is 11.3 Å². The number of hydrogen-bond acceptors (Lipinski definition) is 2. The smallest absolute Gasteiger partial charge is 0.0860 e. The molecular weight excluding hydrogens is 196 g/mol. The van der Waals surface area contributed by atoms with Crippen LogP contribution in [-0.4, -0.2) is 10.2 Å². The van der Waals surface area contributed by atoms with Crippen LogP contribution in [0.3, 0.4) is 0 Å². The first kappa shape index (κ1) is 9.16. The third-order valence-corrected chi connectivity index (χ3v) is 2.30. The summed E-state index contributed by atoms with van der Waals surface area (Å²) in [5.74, 6) is 0. The lowest BCUT2D eigenvalue weighted by atomic mass is 10.1. The molecule has 14 heavy (non-hydrogen) atoms. The second kappa shape index (κ2) is 4.20. The van der Waals surface area contributed by atoms with Crippen molar-refractivity contribution >= 4 is 11.6 Å². The second-order valence-corrected chi connectivity index (χ2v) is 3.40. The Balaban J connectivity index is 2.24. The van der Waals surface area contributed by atoms with Gasteiger partial charge in [0.2, 0.25) is 0 Å². The molecule has 0 aliphatic heterocycles. The Hall–Kier alpha value is -1.41. The molecule has 2 nitrogen and oxygen atoms in total. The molecule has 0 atom stereocenters. The van der Waals surface area contributed by atoms with Crippen molar-refractivity contribution in [2.24, 2.45) is 0 Å². The highest BCUT2D eigenvalue weighted by molar-refractivity contribution is 6.31. The van der Waals surface area contributed by atoms with Crippen molar-refractivity contribution in [2.45, 2.75) is 6.42 Å². The minimum atomic E-state index is 0.670. The number of aromatic nitrogens is 2. The van der Waals surface area contributed by atoms with Crippen molar-refractivity contribution in [1.82, 2.24) is 10.2 Å². The van der Waals surface area contributed by atoms with E-state index < -0.39 is 0 Å². The Morgan fingerprint density at radius 2 is 1.86 bits per heavy atom. The maximum atomic E-state index is 5.97. The molecule has 0 bridgehead atoms. The van der Waals surface area contributed by atoms with Crippen molar-refractivity contribution in [3.8, 4) is 0 Å². The molecule has 0 unspecified atom stereocenters. The molecule has 1 aromatic carbocycles. The van der Waals surface area contributed by atoms with Crippen molar-refractivity contribution in [3.05, 3.63) is 58.9 Å². The Kier molecular flexibility index (Phi) is 2.75. The summed E-state index contributed by atoms with van der Waals surface area (Å²) in [6.07, 6.45) is 2.32. The topological polar surface area (TPSA) is 25.8 Å². The lowest BCUT2D eigenvalue weighted by Crippen LogP contribution is -1.94. The van der Waals surface area contributed by atoms with E-state index in [9.17, 15) is 0 Å². The van der Waals surface area contributed by atoms with E-state index in [1.807, 2.05) is 30.3 Å². The van der Waals surface area contributed by atoms with Crippen LogP contribution >= 0.6 is 11.6 Å². The summed E-state index contributed by atoms with van der Waals surface area (Å²) in [7, 11) is 0. The standard InChI is InChI=1S/C11H9ClN2/c12-10-6-7-13-14-11(10)8-9-4-2-1-3-5-9/h1-7H,8H2. The fourth-order valence-electron chi connectivity index (χ4n) is 1.25. The third-order valence-electron chi connectivity index (χ3n) is 1.96. The van der Waals surface area contributed by atoms with Crippen molar-refractivity contribution in [2.75, 3.05) is 0 Å². The molecule has 0 aliphatic carbocycles. The van der Waals surface area contributed by atoms with Crippen LogP contribution < -0.4 is 0 Å². The first-order valence-electron chi connectivity index (χ1n) is 4.36. The van der Waals surface area contributed by atoms with Gasteiger partial charge in [-0.05, 0) is 11.6 Å². The number of hydrogen-bond donors (Lipinski definition) is 0. The van der Waals surface area contributed by atoms with Crippen molar-refractivity contribution < 1.29 is 0 Å². The Morgan fingerprint density at radius 3 is 2.57 bits per heavy atom. The first-order valence-corrected chi connectivity index (χ1v) is 4.74. The van der Waals surface area contributed by atoms with Gasteiger partial charge < -0.3 is 0 Å². The molecule has 0 fully saturated rings. The lowest BCUT2D eigenvalue weighted by molar-refractivity contribution is 0.937. The van der Waals surface area contributed by atoms with Gasteiger partial charge in [0.25, 0.3) is 0 Å². The zero-order chi connectivity index (χ0) is 9.80. The molecule has 3 heteroatoms. The molecule has 0 saturated heterocycles. The molecule has 0 aliphatic rings. The Bertz CT molecular complexity index is 415. The number of rotatable bonds is 2. The first-order chi connectivity index (χ1) is 6.86. The molecule has 0 spiro atoms. The fraction of sp³-hybridized carbons (Fsp3) is 0.0909. The van der Waals surface area contributed by atoms with Crippen LogP contribution in [0.25, 0.3) is 0 Å². The van der Waals surface area contributed by atoms with Gasteiger partial charge in [0.1, 0.15) is 0 Å². The summed E-state index contributed by atoms with van der Waals surface area (Å²) in [6.45, 7) is 0. The van der Waals surface area contributed by atoms with Crippen LogP contribution in [-0.2, 0) is 6.42 Å². The second-order valence-electron chi connectivity index (χ2n) is 2.99. The third kappa shape index (κ3) is 2.09. The molecule has 0 N–H and O–H groups in total. The van der Waals surface area contributed by atoms with Crippen LogP contribution in [0.4, 0.5) is 0 Å². The van der Waals surface area contributed by atoms with E-state index in [0.717, 1.165) is 12.1 Å². The van der Waals surface area contributed by atoms with Gasteiger partial charge in [-0.25, -0.2) is 0 Å². The van der Waals surface area contributed by atoms with Gasteiger partial charge >= 0.3 is 0 Å². The van der Waals surface area contributed by atoms with Gasteiger partial charge in [-0.15, -0.1) is 0 Å². The zero-order valence-electron chi connectivity index (χ0n) is 7.52. The van der Waals surface area contributed by atoms with Crippen molar-refractivity contribution in [1.29, 1.82) is 0 Å². The molecule has 2 aromatic rings. The molecule has 0 saturated carbocycles. The summed E-state index contributed by atoms with van der Waals surface area (Å²) in [5.41, 5.74) is 2.01. The van der Waals surface area contributed by atoms with Crippen LogP contribution in [0.2, 0.25) is 5.02 Å². The average molecular weight is 205 g/mol. The van der Waals surface area contributed by atoms with E-state index in [0.29, 0.717) is 5.02 Å². The van der Waals surface area contributed by atoms with Gasteiger partial charge in [0, 0.05) is 6.42 Å². The maximum absolute atomic E-state index is 5.97. The maximum Gasteiger partial charge on any atom is 0.0860 e. The number of halogens is 1. The number of nitrogens with zero attached hydrogens (tertiary/aromatic N) is 2. The minimum Gasteiger partial charge on any atom is -0.159 e. The average Bonchev–Trinajstić information content (AvgIpc) is 2.23. The minimum absolute atomic E-state index is 0.670. The van der Waals surface area contributed by atoms with Crippen LogP contribution in [0.15, 0.2) is 42.6 Å². The summed E-state index contributed by atoms with van der Waals surface area (Å²) in [6, 6.07) is 11.8. The number of benzene rings is 1. The Labute approximate surface area is 87.6 Å². The molecule has 0 amide bonds. The van der Waals surface area contributed by atoms with Gasteiger partial charge in [-0.3, -0.25) is 0 Å². The van der Waals surface area contributed by atoms with E-state index in [1.54, 1.807) is 12.3 Å². The normalized spacial score (nSPS) is 10.1. The van der Waals surface area contributed by atoms with E-state index in [-0.39, 0.29) is 0 Å². The molecule has 1 aromatic heterocycles. The summed E-state index contributed by atoms with van der Waals surface area (Å²) in [4.78, 5) is 0. The quantitative estimate of drug-likeness (QED) is 0.752. The SMILES string of the molecule is Clc1ccnnc1Cc1ccccc1. The van der Waals surface area contributed by atoms with Gasteiger partial charge in [0.05, 0.1) is 16.9 Å². The predicted octanol–water partition coefficient (Wildman–Crippen LogP) is 2.72. The highest BCUT2D eigenvalue weighted by Gasteiger charge is 2.02. The monoisotopic (exact) mass is 204 g/mol. The summed E-state index contributed by atoms with van der Waals surface area (Å²) < 4.78 is 0. The molecule has 1 heterocycles. The van der Waals surface area contributed by atoms with Gasteiger partial charge in [-0.1, -0.05) is 41.9 Å². The highest BCUT2D eigenvalue weighted by atomic mass is 35.5. The largest absolute Gasteiger partial charge is 0.159 e. The predicted molar refractivity (Wildman–Crippen MR) is 56.3 cm³/mol. The summed E-state index contributed by atoms with van der Waals surface area (Å²) in [5, 5.41) is 8.47. The van der Waals surface area contributed by atoms with E-state index in [4.69, 9.17) is 11.6 Å². The molecular formula is C11H9ClN2. The van der Waals surface area contributed by atoms with Crippen LogP contribution in [0.5, 0.6) is 0 Å². The van der Waals surface area contributed by atoms with Crippen molar-refractivity contribution in [3.63, 3.8) is 0 Å². The molecule has 0 radical (unpaired) electrons.